The Balaban J connectivity index is 2.70. The molecule has 0 saturated carbocycles. The molecule has 0 aliphatic rings. The quantitative estimate of drug-likeness (QED) is 0.744. The van der Waals surface area contributed by atoms with Crippen molar-refractivity contribution < 1.29 is 9.84 Å². The van der Waals surface area contributed by atoms with Gasteiger partial charge in [-0.3, -0.25) is 0 Å². The Bertz CT molecular complexity index is 312. The summed E-state index contributed by atoms with van der Waals surface area (Å²) in [5, 5.41) is 10.4. The summed E-state index contributed by atoms with van der Waals surface area (Å²) in [7, 11) is 0. The van der Waals surface area contributed by atoms with Crippen LogP contribution in [0.15, 0.2) is 24.3 Å². The van der Waals surface area contributed by atoms with Gasteiger partial charge in [-0.15, -0.1) is 0 Å². The summed E-state index contributed by atoms with van der Waals surface area (Å²) in [5.74, 6) is 1.24. The first-order chi connectivity index (χ1) is 8.72. The standard InChI is InChI=1S/C16H26O2/c1-4-7-13(8-5-2)16(17)14-9-11-15(12-10-14)18-6-3/h9-13,16-17H,4-8H2,1-3H3. The molecule has 0 aliphatic heterocycles. The van der Waals surface area contributed by atoms with Gasteiger partial charge in [0.05, 0.1) is 12.7 Å². The number of rotatable bonds is 8. The molecular formula is C16H26O2. The summed E-state index contributed by atoms with van der Waals surface area (Å²) in [5.41, 5.74) is 1.00. The molecule has 18 heavy (non-hydrogen) atoms. The second-order valence-corrected chi connectivity index (χ2v) is 4.78. The zero-order valence-electron chi connectivity index (χ0n) is 11.9. The van der Waals surface area contributed by atoms with Gasteiger partial charge in [0.25, 0.3) is 0 Å². The minimum atomic E-state index is -0.347. The number of hydrogen-bond donors (Lipinski definition) is 1. The fourth-order valence-corrected chi connectivity index (χ4v) is 2.40. The molecule has 2 heteroatoms. The second-order valence-electron chi connectivity index (χ2n) is 4.78. The predicted octanol–water partition coefficient (Wildman–Crippen LogP) is 4.34. The van der Waals surface area contributed by atoms with E-state index in [0.29, 0.717) is 12.5 Å². The Morgan fingerprint density at radius 3 is 2.00 bits per heavy atom. The molecular weight excluding hydrogens is 224 g/mol. The molecule has 0 saturated heterocycles. The van der Waals surface area contributed by atoms with Gasteiger partial charge in [0, 0.05) is 0 Å². The van der Waals surface area contributed by atoms with E-state index in [0.717, 1.165) is 37.0 Å². The van der Waals surface area contributed by atoms with Crippen LogP contribution in [0.5, 0.6) is 5.75 Å². The van der Waals surface area contributed by atoms with Crippen LogP contribution < -0.4 is 4.74 Å². The SMILES string of the molecule is CCCC(CCC)C(O)c1ccc(OCC)cc1. The summed E-state index contributed by atoms with van der Waals surface area (Å²) in [6.45, 7) is 7.00. The highest BCUT2D eigenvalue weighted by Gasteiger charge is 2.19. The third kappa shape index (κ3) is 4.34. The van der Waals surface area contributed by atoms with Gasteiger partial charge >= 0.3 is 0 Å². The first-order valence-electron chi connectivity index (χ1n) is 7.13. The van der Waals surface area contributed by atoms with E-state index in [-0.39, 0.29) is 6.10 Å². The molecule has 102 valence electrons. The average Bonchev–Trinajstić information content (AvgIpc) is 2.39. The van der Waals surface area contributed by atoms with Crippen LogP contribution in [0.3, 0.4) is 0 Å². The van der Waals surface area contributed by atoms with Crippen LogP contribution in [0.25, 0.3) is 0 Å². The molecule has 0 bridgehead atoms. The van der Waals surface area contributed by atoms with Crippen molar-refractivity contribution in [3.8, 4) is 5.75 Å². The summed E-state index contributed by atoms with van der Waals surface area (Å²) in [4.78, 5) is 0. The molecule has 2 nitrogen and oxygen atoms in total. The van der Waals surface area contributed by atoms with E-state index in [4.69, 9.17) is 4.74 Å². The zero-order chi connectivity index (χ0) is 13.4. The lowest BCUT2D eigenvalue weighted by atomic mass is 9.88. The predicted molar refractivity (Wildman–Crippen MR) is 75.9 cm³/mol. The highest BCUT2D eigenvalue weighted by atomic mass is 16.5. The van der Waals surface area contributed by atoms with Crippen LogP contribution in [-0.2, 0) is 0 Å². The lowest BCUT2D eigenvalue weighted by Gasteiger charge is -2.22. The van der Waals surface area contributed by atoms with Gasteiger partial charge in [-0.1, -0.05) is 38.8 Å². The Morgan fingerprint density at radius 1 is 1.00 bits per heavy atom. The van der Waals surface area contributed by atoms with Crippen molar-refractivity contribution >= 4 is 0 Å². The van der Waals surface area contributed by atoms with Crippen molar-refractivity contribution in [3.63, 3.8) is 0 Å². The van der Waals surface area contributed by atoms with Crippen molar-refractivity contribution in [1.29, 1.82) is 0 Å². The molecule has 1 N–H and O–H groups in total. The van der Waals surface area contributed by atoms with Crippen LogP contribution in [0.1, 0.15) is 58.1 Å². The van der Waals surface area contributed by atoms with Gasteiger partial charge in [-0.2, -0.15) is 0 Å². The van der Waals surface area contributed by atoms with E-state index in [1.54, 1.807) is 0 Å². The number of ether oxygens (including phenoxy) is 1. The highest BCUT2D eigenvalue weighted by molar-refractivity contribution is 5.28. The van der Waals surface area contributed by atoms with E-state index in [9.17, 15) is 5.11 Å². The number of aliphatic hydroxyl groups is 1. The van der Waals surface area contributed by atoms with E-state index in [2.05, 4.69) is 13.8 Å². The monoisotopic (exact) mass is 250 g/mol. The van der Waals surface area contributed by atoms with Crippen LogP contribution in [0.2, 0.25) is 0 Å². The van der Waals surface area contributed by atoms with Gasteiger partial charge in [-0.05, 0) is 43.4 Å². The zero-order valence-corrected chi connectivity index (χ0v) is 11.9. The van der Waals surface area contributed by atoms with E-state index < -0.39 is 0 Å². The maximum atomic E-state index is 10.4. The third-order valence-corrected chi connectivity index (χ3v) is 3.30. The molecule has 0 aliphatic carbocycles. The van der Waals surface area contributed by atoms with Crippen LogP contribution in [-0.4, -0.2) is 11.7 Å². The molecule has 0 radical (unpaired) electrons. The van der Waals surface area contributed by atoms with Crippen LogP contribution in [0.4, 0.5) is 0 Å². The molecule has 0 heterocycles. The van der Waals surface area contributed by atoms with Crippen LogP contribution >= 0.6 is 0 Å². The van der Waals surface area contributed by atoms with Gasteiger partial charge in [0.2, 0.25) is 0 Å². The minimum absolute atomic E-state index is 0.347. The van der Waals surface area contributed by atoms with E-state index >= 15 is 0 Å². The fraction of sp³-hybridized carbons (Fsp3) is 0.625. The average molecular weight is 250 g/mol. The molecule has 0 aromatic heterocycles. The van der Waals surface area contributed by atoms with Crippen molar-refractivity contribution in [1.82, 2.24) is 0 Å². The van der Waals surface area contributed by atoms with Crippen LogP contribution in [0, 0.1) is 5.92 Å². The highest BCUT2D eigenvalue weighted by Crippen LogP contribution is 2.30. The molecule has 0 fully saturated rings. The normalized spacial score (nSPS) is 12.7. The second kappa shape index (κ2) is 8.15. The molecule has 1 unspecified atom stereocenters. The Hall–Kier alpha value is -1.02. The Labute approximate surface area is 111 Å². The van der Waals surface area contributed by atoms with Crippen molar-refractivity contribution in [2.75, 3.05) is 6.61 Å². The van der Waals surface area contributed by atoms with Crippen molar-refractivity contribution in [2.45, 2.75) is 52.6 Å². The molecule has 0 spiro atoms. The van der Waals surface area contributed by atoms with Gasteiger partial charge in [0.15, 0.2) is 0 Å². The maximum Gasteiger partial charge on any atom is 0.119 e. The van der Waals surface area contributed by atoms with E-state index in [1.807, 2.05) is 31.2 Å². The first kappa shape index (κ1) is 15.0. The van der Waals surface area contributed by atoms with Crippen molar-refractivity contribution in [2.24, 2.45) is 5.92 Å². The molecule has 1 aromatic rings. The topological polar surface area (TPSA) is 29.5 Å². The van der Waals surface area contributed by atoms with Gasteiger partial charge in [0.1, 0.15) is 5.75 Å². The third-order valence-electron chi connectivity index (χ3n) is 3.30. The Kier molecular flexibility index (Phi) is 6.81. The minimum Gasteiger partial charge on any atom is -0.494 e. The lowest BCUT2D eigenvalue weighted by Crippen LogP contribution is -2.12. The molecule has 1 atom stereocenters. The molecule has 1 rings (SSSR count). The van der Waals surface area contributed by atoms with Gasteiger partial charge < -0.3 is 9.84 Å². The number of hydrogen-bond acceptors (Lipinski definition) is 2. The smallest absolute Gasteiger partial charge is 0.119 e. The maximum absolute atomic E-state index is 10.4. The lowest BCUT2D eigenvalue weighted by molar-refractivity contribution is 0.0964. The largest absolute Gasteiger partial charge is 0.494 e. The Morgan fingerprint density at radius 2 is 1.56 bits per heavy atom. The van der Waals surface area contributed by atoms with Crippen molar-refractivity contribution in [3.05, 3.63) is 29.8 Å². The van der Waals surface area contributed by atoms with Gasteiger partial charge in [-0.25, -0.2) is 0 Å². The number of benzene rings is 1. The summed E-state index contributed by atoms with van der Waals surface area (Å²) in [6, 6.07) is 7.84. The number of aliphatic hydroxyl groups excluding tert-OH is 1. The summed E-state index contributed by atoms with van der Waals surface area (Å²) >= 11 is 0. The molecule has 1 aromatic carbocycles. The molecule has 0 amide bonds. The summed E-state index contributed by atoms with van der Waals surface area (Å²) in [6.07, 6.45) is 4.07. The fourth-order valence-electron chi connectivity index (χ4n) is 2.40. The first-order valence-corrected chi connectivity index (χ1v) is 7.13. The summed E-state index contributed by atoms with van der Waals surface area (Å²) < 4.78 is 5.41. The van der Waals surface area contributed by atoms with E-state index in [1.165, 1.54) is 0 Å².